The number of carbonyl (C=O) groups excluding carboxylic acids is 1. The first-order chi connectivity index (χ1) is 10.0. The number of urea groups is 1. The molecular formula is C15H21N3O3. The predicted molar refractivity (Wildman–Crippen MR) is 79.1 cm³/mol. The number of carbonyl (C=O) groups is 2. The lowest BCUT2D eigenvalue weighted by molar-refractivity contribution is -0.142. The first kappa shape index (κ1) is 15.3. The van der Waals surface area contributed by atoms with Crippen LogP contribution in [0.25, 0.3) is 0 Å². The molecule has 0 aromatic heterocycles. The molecule has 0 bridgehead atoms. The van der Waals surface area contributed by atoms with Crippen molar-refractivity contribution >= 4 is 12.0 Å². The van der Waals surface area contributed by atoms with Crippen molar-refractivity contribution < 1.29 is 14.7 Å². The summed E-state index contributed by atoms with van der Waals surface area (Å²) in [6.07, 6.45) is 0.358. The Morgan fingerprint density at radius 2 is 2.05 bits per heavy atom. The highest BCUT2D eigenvalue weighted by Gasteiger charge is 2.35. The fourth-order valence-electron chi connectivity index (χ4n) is 2.54. The Labute approximate surface area is 124 Å². The van der Waals surface area contributed by atoms with Crippen molar-refractivity contribution in [1.82, 2.24) is 15.1 Å². The van der Waals surface area contributed by atoms with Crippen LogP contribution in [0, 0.1) is 0 Å². The third-order valence-electron chi connectivity index (χ3n) is 3.80. The molecule has 1 heterocycles. The summed E-state index contributed by atoms with van der Waals surface area (Å²) in [4.78, 5) is 27.0. The summed E-state index contributed by atoms with van der Waals surface area (Å²) in [5.41, 5.74) is 2.03. The zero-order valence-corrected chi connectivity index (χ0v) is 12.4. The number of likely N-dealkylation sites (N-methyl/N-ethyl adjacent to an activating group) is 2. The number of fused-ring (bicyclic) bond motifs is 1. The summed E-state index contributed by atoms with van der Waals surface area (Å²) in [5.74, 6) is -0.958. The average molecular weight is 291 g/mol. The van der Waals surface area contributed by atoms with E-state index < -0.39 is 12.0 Å². The predicted octanol–water partition coefficient (Wildman–Crippen LogP) is 0.769. The van der Waals surface area contributed by atoms with Crippen molar-refractivity contribution in [1.29, 1.82) is 0 Å². The standard InChI is InChI=1S/C15H21N3O3/c1-16-7-8-17(2)15(21)18-10-12-6-4-3-5-11(12)9-13(18)14(19)20/h3-6,13,16H,7-10H2,1-2H3,(H,19,20)/t13-/m0/s1. The summed E-state index contributed by atoms with van der Waals surface area (Å²) >= 11 is 0. The summed E-state index contributed by atoms with van der Waals surface area (Å²) < 4.78 is 0. The van der Waals surface area contributed by atoms with Crippen molar-refractivity contribution in [3.8, 4) is 0 Å². The smallest absolute Gasteiger partial charge is 0.326 e. The Morgan fingerprint density at radius 3 is 2.67 bits per heavy atom. The molecule has 6 heteroatoms. The Hall–Kier alpha value is -2.08. The van der Waals surface area contributed by atoms with Crippen LogP contribution in [-0.4, -0.2) is 60.1 Å². The van der Waals surface area contributed by atoms with Gasteiger partial charge in [0.2, 0.25) is 0 Å². The third kappa shape index (κ3) is 3.33. The van der Waals surface area contributed by atoms with Gasteiger partial charge in [0.1, 0.15) is 6.04 Å². The molecule has 1 aromatic carbocycles. The van der Waals surface area contributed by atoms with E-state index in [1.807, 2.05) is 31.3 Å². The van der Waals surface area contributed by atoms with Crippen LogP contribution in [0.3, 0.4) is 0 Å². The summed E-state index contributed by atoms with van der Waals surface area (Å²) in [6.45, 7) is 1.56. The molecule has 2 amide bonds. The average Bonchev–Trinajstić information content (AvgIpc) is 2.50. The molecular weight excluding hydrogens is 270 g/mol. The number of carboxylic acid groups (broad SMARTS) is 1. The van der Waals surface area contributed by atoms with Crippen LogP contribution in [0.15, 0.2) is 24.3 Å². The SMILES string of the molecule is CNCCN(C)C(=O)N1Cc2ccccc2C[C@H]1C(=O)O. The molecule has 114 valence electrons. The van der Waals surface area contributed by atoms with E-state index >= 15 is 0 Å². The number of carboxylic acids is 1. The van der Waals surface area contributed by atoms with E-state index in [1.165, 1.54) is 4.90 Å². The van der Waals surface area contributed by atoms with Crippen molar-refractivity contribution in [3.63, 3.8) is 0 Å². The number of hydrogen-bond acceptors (Lipinski definition) is 3. The Bertz CT molecular complexity index is 533. The largest absolute Gasteiger partial charge is 0.480 e. The molecule has 0 unspecified atom stereocenters. The number of aliphatic carboxylic acids is 1. The van der Waals surface area contributed by atoms with E-state index in [9.17, 15) is 14.7 Å². The van der Waals surface area contributed by atoms with Gasteiger partial charge in [-0.25, -0.2) is 9.59 Å². The maximum Gasteiger partial charge on any atom is 0.326 e. The van der Waals surface area contributed by atoms with Gasteiger partial charge in [0.15, 0.2) is 0 Å². The fraction of sp³-hybridized carbons (Fsp3) is 0.467. The van der Waals surface area contributed by atoms with Gasteiger partial charge < -0.3 is 20.2 Å². The molecule has 0 saturated carbocycles. The van der Waals surface area contributed by atoms with E-state index in [-0.39, 0.29) is 6.03 Å². The van der Waals surface area contributed by atoms with Crippen LogP contribution >= 0.6 is 0 Å². The van der Waals surface area contributed by atoms with E-state index in [0.29, 0.717) is 26.1 Å². The second kappa shape index (κ2) is 6.58. The van der Waals surface area contributed by atoms with Gasteiger partial charge in [-0.1, -0.05) is 24.3 Å². The summed E-state index contributed by atoms with van der Waals surface area (Å²) in [5, 5.41) is 12.4. The molecule has 1 aliphatic rings. The normalized spacial score (nSPS) is 17.2. The Kier molecular flexibility index (Phi) is 4.80. The summed E-state index contributed by atoms with van der Waals surface area (Å²) in [6, 6.07) is 6.64. The number of amides is 2. The van der Waals surface area contributed by atoms with Crippen LogP contribution in [0.2, 0.25) is 0 Å². The monoisotopic (exact) mass is 291 g/mol. The van der Waals surface area contributed by atoms with E-state index in [0.717, 1.165) is 11.1 Å². The minimum Gasteiger partial charge on any atom is -0.480 e. The second-order valence-corrected chi connectivity index (χ2v) is 5.26. The molecule has 1 aliphatic heterocycles. The van der Waals surface area contributed by atoms with Gasteiger partial charge in [-0.15, -0.1) is 0 Å². The number of rotatable bonds is 4. The van der Waals surface area contributed by atoms with Gasteiger partial charge in [0.25, 0.3) is 0 Å². The fourth-order valence-corrected chi connectivity index (χ4v) is 2.54. The molecule has 0 saturated heterocycles. The minimum absolute atomic E-state index is 0.243. The first-order valence-electron chi connectivity index (χ1n) is 7.00. The lowest BCUT2D eigenvalue weighted by atomic mass is 9.94. The van der Waals surface area contributed by atoms with E-state index in [4.69, 9.17) is 0 Å². The molecule has 21 heavy (non-hydrogen) atoms. The molecule has 2 rings (SSSR count). The van der Waals surface area contributed by atoms with Gasteiger partial charge in [-0.2, -0.15) is 0 Å². The quantitative estimate of drug-likeness (QED) is 0.859. The van der Waals surface area contributed by atoms with Crippen LogP contribution in [0.4, 0.5) is 4.79 Å². The van der Waals surface area contributed by atoms with Crippen molar-refractivity contribution in [2.75, 3.05) is 27.2 Å². The van der Waals surface area contributed by atoms with Crippen LogP contribution in [0.5, 0.6) is 0 Å². The number of benzene rings is 1. The minimum atomic E-state index is -0.958. The number of nitrogens with zero attached hydrogens (tertiary/aromatic N) is 2. The molecule has 0 aliphatic carbocycles. The van der Waals surface area contributed by atoms with Crippen LogP contribution < -0.4 is 5.32 Å². The molecule has 1 atom stereocenters. The molecule has 0 spiro atoms. The Balaban J connectivity index is 2.20. The molecule has 6 nitrogen and oxygen atoms in total. The van der Waals surface area contributed by atoms with E-state index in [1.54, 1.807) is 11.9 Å². The zero-order chi connectivity index (χ0) is 15.4. The molecule has 0 fully saturated rings. The van der Waals surface area contributed by atoms with Gasteiger partial charge >= 0.3 is 12.0 Å². The molecule has 0 radical (unpaired) electrons. The van der Waals surface area contributed by atoms with Gasteiger partial charge in [-0.3, -0.25) is 0 Å². The lowest BCUT2D eigenvalue weighted by Gasteiger charge is -2.36. The van der Waals surface area contributed by atoms with Crippen molar-refractivity contribution in [2.45, 2.75) is 19.0 Å². The second-order valence-electron chi connectivity index (χ2n) is 5.26. The van der Waals surface area contributed by atoms with Crippen LogP contribution in [-0.2, 0) is 17.8 Å². The highest BCUT2D eigenvalue weighted by molar-refractivity contribution is 5.83. The zero-order valence-electron chi connectivity index (χ0n) is 12.4. The van der Waals surface area contributed by atoms with Crippen molar-refractivity contribution in [2.24, 2.45) is 0 Å². The van der Waals surface area contributed by atoms with Crippen molar-refractivity contribution in [3.05, 3.63) is 35.4 Å². The maximum atomic E-state index is 12.5. The molecule has 1 aromatic rings. The lowest BCUT2D eigenvalue weighted by Crippen LogP contribution is -2.53. The molecule has 2 N–H and O–H groups in total. The van der Waals surface area contributed by atoms with Crippen LogP contribution in [0.1, 0.15) is 11.1 Å². The first-order valence-corrected chi connectivity index (χ1v) is 7.00. The van der Waals surface area contributed by atoms with Gasteiger partial charge in [0, 0.05) is 33.1 Å². The van der Waals surface area contributed by atoms with E-state index in [2.05, 4.69) is 5.32 Å². The highest BCUT2D eigenvalue weighted by Crippen LogP contribution is 2.24. The van der Waals surface area contributed by atoms with Gasteiger partial charge in [-0.05, 0) is 18.2 Å². The summed E-state index contributed by atoms with van der Waals surface area (Å²) in [7, 11) is 3.51. The maximum absolute atomic E-state index is 12.5. The Morgan fingerprint density at radius 1 is 1.38 bits per heavy atom. The van der Waals surface area contributed by atoms with Gasteiger partial charge in [0.05, 0.1) is 0 Å². The topological polar surface area (TPSA) is 72.9 Å². The highest BCUT2D eigenvalue weighted by atomic mass is 16.4. The number of nitrogens with one attached hydrogen (secondary N) is 1. The number of hydrogen-bond donors (Lipinski definition) is 2. The third-order valence-corrected chi connectivity index (χ3v) is 3.80.